The van der Waals surface area contributed by atoms with Crippen molar-refractivity contribution < 1.29 is 13.7 Å². The molecule has 2 aromatic carbocycles. The fourth-order valence-electron chi connectivity index (χ4n) is 2.92. The van der Waals surface area contributed by atoms with Gasteiger partial charge in [-0.1, -0.05) is 46.6 Å². The molecule has 0 radical (unpaired) electrons. The van der Waals surface area contributed by atoms with E-state index in [1.54, 1.807) is 48.7 Å². The molecule has 2 heterocycles. The lowest BCUT2D eigenvalue weighted by Gasteiger charge is -2.07. The summed E-state index contributed by atoms with van der Waals surface area (Å²) in [7, 11) is 0. The molecule has 6 nitrogen and oxygen atoms in total. The Bertz CT molecular complexity index is 1190. The smallest absolute Gasteiger partial charge is 0.241 e. The molecule has 150 valence electrons. The molecule has 0 aliphatic heterocycles. The second-order valence-electron chi connectivity index (χ2n) is 6.30. The molecule has 0 atom stereocenters. The first kappa shape index (κ1) is 20.0. The molecule has 4 rings (SSSR count). The number of rotatable bonds is 5. The lowest BCUT2D eigenvalue weighted by molar-refractivity contribution is -0.115. The van der Waals surface area contributed by atoms with Crippen LogP contribution in [0.25, 0.3) is 22.5 Å². The second-order valence-corrected chi connectivity index (χ2v) is 7.18. The summed E-state index contributed by atoms with van der Waals surface area (Å²) in [6.45, 7) is 0. The Morgan fingerprint density at radius 3 is 2.57 bits per heavy atom. The average Bonchev–Trinajstić information content (AvgIpc) is 3.13. The molecule has 0 spiro atoms. The molecular weight excluding hydrogens is 430 g/mol. The number of hydrogen-bond donors (Lipinski definition) is 1. The summed E-state index contributed by atoms with van der Waals surface area (Å²) in [6.07, 6.45) is 2.74. The van der Waals surface area contributed by atoms with Gasteiger partial charge in [0.1, 0.15) is 17.8 Å². The molecule has 4 aromatic rings. The van der Waals surface area contributed by atoms with Crippen molar-refractivity contribution in [2.75, 3.05) is 5.32 Å². The summed E-state index contributed by atoms with van der Waals surface area (Å²) in [5, 5.41) is 7.56. The van der Waals surface area contributed by atoms with Crippen molar-refractivity contribution in [2.24, 2.45) is 0 Å². The predicted octanol–water partition coefficient (Wildman–Crippen LogP) is 5.43. The van der Waals surface area contributed by atoms with Crippen molar-refractivity contribution in [3.63, 3.8) is 0 Å². The van der Waals surface area contributed by atoms with E-state index >= 15 is 0 Å². The number of hydrogen-bond acceptors (Lipinski definition) is 5. The maximum absolute atomic E-state index is 13.9. The van der Waals surface area contributed by atoms with E-state index in [2.05, 4.69) is 20.4 Å². The minimum absolute atomic E-state index is 0.0705. The number of halogens is 3. The van der Waals surface area contributed by atoms with Crippen molar-refractivity contribution in [1.29, 1.82) is 0 Å². The Kier molecular flexibility index (Phi) is 5.74. The number of nitrogens with zero attached hydrogens (tertiary/aromatic N) is 3. The Balaban J connectivity index is 1.72. The quantitative estimate of drug-likeness (QED) is 0.445. The molecule has 1 amide bonds. The molecule has 0 saturated heterocycles. The van der Waals surface area contributed by atoms with Gasteiger partial charge in [0.25, 0.3) is 0 Å². The average molecular weight is 443 g/mol. The lowest BCUT2D eigenvalue weighted by atomic mass is 10.0. The van der Waals surface area contributed by atoms with Crippen LogP contribution in [0.4, 0.5) is 10.3 Å². The van der Waals surface area contributed by atoms with E-state index in [1.165, 1.54) is 12.4 Å². The largest absolute Gasteiger partial charge is 0.337 e. The lowest BCUT2D eigenvalue weighted by Crippen LogP contribution is -2.15. The SMILES string of the molecule is O=C(Cc1ccccc1F)Nc1onc(-c2cc(Cl)cc(Cl)c2)c1-c1ccncn1. The minimum atomic E-state index is -0.470. The van der Waals surface area contributed by atoms with E-state index in [0.29, 0.717) is 32.6 Å². The molecule has 0 fully saturated rings. The van der Waals surface area contributed by atoms with E-state index in [0.717, 1.165) is 0 Å². The maximum atomic E-state index is 13.9. The maximum Gasteiger partial charge on any atom is 0.241 e. The highest BCUT2D eigenvalue weighted by Crippen LogP contribution is 2.38. The number of carbonyl (C=O) groups is 1. The third-order valence-electron chi connectivity index (χ3n) is 4.23. The van der Waals surface area contributed by atoms with Gasteiger partial charge in [0.05, 0.1) is 17.7 Å². The minimum Gasteiger partial charge on any atom is -0.337 e. The molecule has 0 unspecified atom stereocenters. The normalized spacial score (nSPS) is 10.8. The van der Waals surface area contributed by atoms with Crippen molar-refractivity contribution in [1.82, 2.24) is 15.1 Å². The molecule has 0 saturated carbocycles. The molecule has 2 aromatic heterocycles. The summed E-state index contributed by atoms with van der Waals surface area (Å²) in [4.78, 5) is 20.7. The van der Waals surface area contributed by atoms with Crippen LogP contribution in [0.1, 0.15) is 5.56 Å². The van der Waals surface area contributed by atoms with Gasteiger partial charge in [-0.25, -0.2) is 14.4 Å². The van der Waals surface area contributed by atoms with Crippen LogP contribution >= 0.6 is 23.2 Å². The van der Waals surface area contributed by atoms with Crippen LogP contribution in [0.5, 0.6) is 0 Å². The Labute approximate surface area is 180 Å². The van der Waals surface area contributed by atoms with Gasteiger partial charge in [-0.05, 0) is 35.9 Å². The topological polar surface area (TPSA) is 80.9 Å². The number of amides is 1. The second kappa shape index (κ2) is 8.61. The summed E-state index contributed by atoms with van der Waals surface area (Å²) in [6, 6.07) is 12.6. The van der Waals surface area contributed by atoms with E-state index in [9.17, 15) is 9.18 Å². The molecule has 30 heavy (non-hydrogen) atoms. The van der Waals surface area contributed by atoms with Gasteiger partial charge in [0.2, 0.25) is 11.8 Å². The first-order chi connectivity index (χ1) is 14.5. The fourth-order valence-corrected chi connectivity index (χ4v) is 3.45. The Hall–Kier alpha value is -3.29. The fraction of sp³-hybridized carbons (Fsp3) is 0.0476. The Morgan fingerprint density at radius 1 is 1.10 bits per heavy atom. The van der Waals surface area contributed by atoms with Crippen molar-refractivity contribution in [3.8, 4) is 22.5 Å². The molecule has 9 heteroatoms. The van der Waals surface area contributed by atoms with E-state index in [1.807, 2.05) is 0 Å². The van der Waals surface area contributed by atoms with Crippen LogP contribution in [0.3, 0.4) is 0 Å². The molecule has 0 bridgehead atoms. The van der Waals surface area contributed by atoms with Crippen molar-refractivity contribution in [3.05, 3.63) is 82.5 Å². The third-order valence-corrected chi connectivity index (χ3v) is 4.66. The monoisotopic (exact) mass is 442 g/mol. The first-order valence-corrected chi connectivity index (χ1v) is 9.52. The van der Waals surface area contributed by atoms with Gasteiger partial charge in [-0.2, -0.15) is 0 Å². The zero-order valence-corrected chi connectivity index (χ0v) is 16.8. The summed E-state index contributed by atoms with van der Waals surface area (Å²) in [5.41, 5.74) is 2.13. The van der Waals surface area contributed by atoms with Gasteiger partial charge in [-0.15, -0.1) is 0 Å². The number of benzene rings is 2. The number of anilines is 1. The summed E-state index contributed by atoms with van der Waals surface area (Å²) in [5.74, 6) is -0.862. The highest BCUT2D eigenvalue weighted by molar-refractivity contribution is 6.35. The molecule has 0 aliphatic carbocycles. The summed E-state index contributed by atoms with van der Waals surface area (Å²) >= 11 is 12.2. The standard InChI is InChI=1S/C21H13Cl2FN4O2/c22-14-7-13(8-15(23)10-14)20-19(17-5-6-25-11-26-17)21(30-28-20)27-18(29)9-12-3-1-2-4-16(12)24/h1-8,10-11H,9H2,(H,27,29). The highest BCUT2D eigenvalue weighted by Gasteiger charge is 2.23. The van der Waals surface area contributed by atoms with Crippen LogP contribution in [0.15, 0.2) is 65.6 Å². The summed E-state index contributed by atoms with van der Waals surface area (Å²) < 4.78 is 19.3. The van der Waals surface area contributed by atoms with E-state index in [4.69, 9.17) is 27.7 Å². The van der Waals surface area contributed by atoms with Gasteiger partial charge < -0.3 is 4.52 Å². The van der Waals surface area contributed by atoms with Gasteiger partial charge in [0, 0.05) is 21.8 Å². The molecule has 0 aliphatic rings. The number of nitrogens with one attached hydrogen (secondary N) is 1. The number of carbonyl (C=O) groups excluding carboxylic acids is 1. The van der Waals surface area contributed by atoms with Gasteiger partial charge in [-0.3, -0.25) is 10.1 Å². The zero-order chi connectivity index (χ0) is 21.1. The van der Waals surface area contributed by atoms with Crippen LogP contribution in [0, 0.1) is 5.82 Å². The van der Waals surface area contributed by atoms with Crippen molar-refractivity contribution in [2.45, 2.75) is 6.42 Å². The highest BCUT2D eigenvalue weighted by atomic mass is 35.5. The predicted molar refractivity (Wildman–Crippen MR) is 112 cm³/mol. The Morgan fingerprint density at radius 2 is 1.87 bits per heavy atom. The molecular formula is C21H13Cl2FN4O2. The van der Waals surface area contributed by atoms with Gasteiger partial charge >= 0.3 is 0 Å². The molecule has 1 N–H and O–H groups in total. The first-order valence-electron chi connectivity index (χ1n) is 8.77. The van der Waals surface area contributed by atoms with Crippen LogP contribution in [-0.4, -0.2) is 21.0 Å². The van der Waals surface area contributed by atoms with Crippen LogP contribution in [0.2, 0.25) is 10.0 Å². The van der Waals surface area contributed by atoms with E-state index in [-0.39, 0.29) is 17.9 Å². The van der Waals surface area contributed by atoms with Gasteiger partial charge in [0.15, 0.2) is 0 Å². The zero-order valence-electron chi connectivity index (χ0n) is 15.3. The van der Waals surface area contributed by atoms with Crippen LogP contribution < -0.4 is 5.32 Å². The van der Waals surface area contributed by atoms with Crippen LogP contribution in [-0.2, 0) is 11.2 Å². The van der Waals surface area contributed by atoms with E-state index < -0.39 is 11.7 Å². The number of aromatic nitrogens is 3. The third kappa shape index (κ3) is 4.32. The van der Waals surface area contributed by atoms with Crippen molar-refractivity contribution >= 4 is 35.0 Å².